The van der Waals surface area contributed by atoms with Gasteiger partial charge in [0.05, 0.1) is 0 Å². The number of rotatable bonds is 2. The minimum Gasteiger partial charge on any atom is -0.398 e. The lowest BCUT2D eigenvalue weighted by molar-refractivity contribution is -0.120. The molecule has 1 saturated heterocycles. The third-order valence-electron chi connectivity index (χ3n) is 2.70. The molecule has 1 aliphatic heterocycles. The van der Waals surface area contributed by atoms with Crippen molar-refractivity contribution in [1.82, 2.24) is 5.32 Å². The van der Waals surface area contributed by atoms with Gasteiger partial charge < -0.3 is 11.1 Å². The first kappa shape index (κ1) is 12.6. The summed E-state index contributed by atoms with van der Waals surface area (Å²) in [5.74, 6) is 0.132. The Morgan fingerprint density at radius 3 is 3.06 bits per heavy atom. The van der Waals surface area contributed by atoms with Crippen molar-refractivity contribution in [2.24, 2.45) is 0 Å². The minimum atomic E-state index is 0.132. The number of amides is 1. The maximum Gasteiger partial charge on any atom is 0.221 e. The van der Waals surface area contributed by atoms with E-state index in [1.165, 1.54) is 0 Å². The quantitative estimate of drug-likeness (QED) is 0.813. The van der Waals surface area contributed by atoms with Gasteiger partial charge in [-0.15, -0.1) is 11.8 Å². The molecular weight excluding hydrogens is 256 g/mol. The summed E-state index contributed by atoms with van der Waals surface area (Å²) in [6.45, 7) is 0.784. The zero-order valence-corrected chi connectivity index (χ0v) is 11.0. The van der Waals surface area contributed by atoms with Crippen LogP contribution in [0.1, 0.15) is 19.3 Å². The fourth-order valence-electron chi connectivity index (χ4n) is 1.85. The van der Waals surface area contributed by atoms with Gasteiger partial charge in [-0.2, -0.15) is 0 Å². The van der Waals surface area contributed by atoms with E-state index in [-0.39, 0.29) is 5.91 Å². The standard InChI is InChI=1S/C12H15ClN2OS/c13-8-3-4-11(10(14)6-8)17-9-2-1-5-15-12(16)7-9/h3-4,6,9H,1-2,5,7,14H2,(H,15,16). The second-order valence-corrected chi connectivity index (χ2v) is 5.90. The van der Waals surface area contributed by atoms with Crippen LogP contribution in [0.3, 0.4) is 0 Å². The maximum absolute atomic E-state index is 11.4. The summed E-state index contributed by atoms with van der Waals surface area (Å²) in [5, 5.41) is 3.83. The lowest BCUT2D eigenvalue weighted by atomic mass is 10.2. The average Bonchev–Trinajstić information content (AvgIpc) is 2.47. The molecule has 92 valence electrons. The van der Waals surface area contributed by atoms with Crippen LogP contribution in [0.5, 0.6) is 0 Å². The van der Waals surface area contributed by atoms with Crippen molar-refractivity contribution in [2.45, 2.75) is 29.4 Å². The molecule has 1 heterocycles. The molecule has 3 N–H and O–H groups in total. The van der Waals surface area contributed by atoms with Crippen LogP contribution < -0.4 is 11.1 Å². The fraction of sp³-hybridized carbons (Fsp3) is 0.417. The molecule has 3 nitrogen and oxygen atoms in total. The molecule has 1 aromatic carbocycles. The highest BCUT2D eigenvalue weighted by Gasteiger charge is 2.19. The number of hydrogen-bond donors (Lipinski definition) is 2. The van der Waals surface area contributed by atoms with Crippen LogP contribution >= 0.6 is 23.4 Å². The van der Waals surface area contributed by atoms with E-state index >= 15 is 0 Å². The molecule has 1 aliphatic rings. The van der Waals surface area contributed by atoms with Crippen LogP contribution in [0, 0.1) is 0 Å². The van der Waals surface area contributed by atoms with Crippen molar-refractivity contribution in [2.75, 3.05) is 12.3 Å². The van der Waals surface area contributed by atoms with Gasteiger partial charge in [0.15, 0.2) is 0 Å². The number of halogens is 1. The van der Waals surface area contributed by atoms with Crippen molar-refractivity contribution in [3.63, 3.8) is 0 Å². The monoisotopic (exact) mass is 270 g/mol. The predicted octanol–water partition coefficient (Wildman–Crippen LogP) is 2.68. The Morgan fingerprint density at radius 1 is 1.47 bits per heavy atom. The van der Waals surface area contributed by atoms with E-state index in [4.69, 9.17) is 17.3 Å². The van der Waals surface area contributed by atoms with E-state index < -0.39 is 0 Å². The third kappa shape index (κ3) is 3.54. The predicted molar refractivity (Wildman–Crippen MR) is 72.4 cm³/mol. The second-order valence-electron chi connectivity index (χ2n) is 4.12. The minimum absolute atomic E-state index is 0.132. The van der Waals surface area contributed by atoms with Gasteiger partial charge >= 0.3 is 0 Å². The molecule has 1 unspecified atom stereocenters. The normalized spacial score (nSPS) is 20.8. The smallest absolute Gasteiger partial charge is 0.221 e. The number of carbonyl (C=O) groups excluding carboxylic acids is 1. The fourth-order valence-corrected chi connectivity index (χ4v) is 3.25. The molecule has 17 heavy (non-hydrogen) atoms. The van der Waals surface area contributed by atoms with Gasteiger partial charge in [0, 0.05) is 33.8 Å². The van der Waals surface area contributed by atoms with Gasteiger partial charge in [0.25, 0.3) is 0 Å². The highest BCUT2D eigenvalue weighted by Crippen LogP contribution is 2.34. The van der Waals surface area contributed by atoms with Gasteiger partial charge in [-0.1, -0.05) is 11.6 Å². The third-order valence-corrected chi connectivity index (χ3v) is 4.30. The number of nitrogen functional groups attached to an aromatic ring is 1. The molecule has 0 radical (unpaired) electrons. The molecule has 0 saturated carbocycles. The second kappa shape index (κ2) is 5.65. The lowest BCUT2D eigenvalue weighted by Gasteiger charge is -2.13. The van der Waals surface area contributed by atoms with Crippen molar-refractivity contribution in [1.29, 1.82) is 0 Å². The first-order valence-corrected chi connectivity index (χ1v) is 6.89. The maximum atomic E-state index is 11.4. The van der Waals surface area contributed by atoms with Gasteiger partial charge in [-0.25, -0.2) is 0 Å². The van der Waals surface area contributed by atoms with E-state index in [9.17, 15) is 4.79 Å². The van der Waals surface area contributed by atoms with Gasteiger partial charge in [-0.05, 0) is 31.0 Å². The SMILES string of the molecule is Nc1cc(Cl)ccc1SC1CCCNC(=O)C1. The first-order valence-electron chi connectivity index (χ1n) is 5.63. The van der Waals surface area contributed by atoms with Crippen LogP contribution in [0.15, 0.2) is 23.1 Å². The molecule has 0 spiro atoms. The van der Waals surface area contributed by atoms with Crippen LogP contribution in [0.25, 0.3) is 0 Å². The summed E-state index contributed by atoms with van der Waals surface area (Å²) >= 11 is 7.53. The van der Waals surface area contributed by atoms with E-state index in [1.807, 2.05) is 12.1 Å². The molecule has 2 rings (SSSR count). The number of hydrogen-bond acceptors (Lipinski definition) is 3. The Balaban J connectivity index is 2.06. The summed E-state index contributed by atoms with van der Waals surface area (Å²) < 4.78 is 0. The van der Waals surface area contributed by atoms with Crippen molar-refractivity contribution in [3.05, 3.63) is 23.2 Å². The number of nitrogens with two attached hydrogens (primary N) is 1. The molecule has 1 atom stereocenters. The number of carbonyl (C=O) groups is 1. The molecular formula is C12H15ClN2OS. The molecule has 1 fully saturated rings. The van der Waals surface area contributed by atoms with Crippen LogP contribution in [-0.4, -0.2) is 17.7 Å². The topological polar surface area (TPSA) is 55.1 Å². The number of anilines is 1. The van der Waals surface area contributed by atoms with Gasteiger partial charge in [0.1, 0.15) is 0 Å². The highest BCUT2D eigenvalue weighted by atomic mass is 35.5. The van der Waals surface area contributed by atoms with E-state index in [0.29, 0.717) is 22.4 Å². The van der Waals surface area contributed by atoms with Gasteiger partial charge in [0.2, 0.25) is 5.91 Å². The van der Waals surface area contributed by atoms with Crippen LogP contribution in [0.2, 0.25) is 5.02 Å². The zero-order valence-electron chi connectivity index (χ0n) is 9.41. The average molecular weight is 271 g/mol. The summed E-state index contributed by atoms with van der Waals surface area (Å²) in [6.07, 6.45) is 2.62. The first-order chi connectivity index (χ1) is 8.15. The summed E-state index contributed by atoms with van der Waals surface area (Å²) in [4.78, 5) is 12.5. The summed E-state index contributed by atoms with van der Waals surface area (Å²) in [6, 6.07) is 5.50. The Bertz CT molecular complexity index is 425. The Kier molecular flexibility index (Phi) is 4.18. The highest BCUT2D eigenvalue weighted by molar-refractivity contribution is 8.00. The molecule has 5 heteroatoms. The molecule has 1 amide bonds. The molecule has 0 aromatic heterocycles. The van der Waals surface area contributed by atoms with Crippen molar-refractivity contribution < 1.29 is 4.79 Å². The Labute approximate surface area is 110 Å². The van der Waals surface area contributed by atoms with E-state index in [2.05, 4.69) is 5.32 Å². The number of nitrogens with one attached hydrogen (secondary N) is 1. The molecule has 0 bridgehead atoms. The number of benzene rings is 1. The van der Waals surface area contributed by atoms with Crippen molar-refractivity contribution >= 4 is 35.0 Å². The summed E-state index contributed by atoms with van der Waals surface area (Å²) in [5.41, 5.74) is 6.59. The largest absolute Gasteiger partial charge is 0.398 e. The van der Waals surface area contributed by atoms with E-state index in [1.54, 1.807) is 17.8 Å². The van der Waals surface area contributed by atoms with Crippen LogP contribution in [0.4, 0.5) is 5.69 Å². The summed E-state index contributed by atoms with van der Waals surface area (Å²) in [7, 11) is 0. The van der Waals surface area contributed by atoms with Crippen molar-refractivity contribution in [3.8, 4) is 0 Å². The molecule has 1 aromatic rings. The lowest BCUT2D eigenvalue weighted by Crippen LogP contribution is -2.22. The molecule has 0 aliphatic carbocycles. The Morgan fingerprint density at radius 2 is 2.29 bits per heavy atom. The zero-order chi connectivity index (χ0) is 12.3. The van der Waals surface area contributed by atoms with Crippen LogP contribution in [-0.2, 0) is 4.79 Å². The Hall–Kier alpha value is -0.870. The number of thioether (sulfide) groups is 1. The van der Waals surface area contributed by atoms with E-state index in [0.717, 1.165) is 24.3 Å². The van der Waals surface area contributed by atoms with Gasteiger partial charge in [-0.3, -0.25) is 4.79 Å².